The molecule has 0 spiro atoms. The van der Waals surface area contributed by atoms with E-state index in [1.54, 1.807) is 32.7 Å². The number of esters is 3. The van der Waals surface area contributed by atoms with Gasteiger partial charge in [0.2, 0.25) is 5.41 Å². The minimum atomic E-state index is -1.90. The van der Waals surface area contributed by atoms with Crippen LogP contribution in [0.15, 0.2) is 0 Å². The SMILES string of the molecule is CCOC(=O)[C@@H]1N(C)C[C@H](OC)C1(C(=O)OCC)C(=O)OCC. The Bertz CT molecular complexity index is 433. The highest BCUT2D eigenvalue weighted by Gasteiger charge is 2.69. The number of rotatable bonds is 7. The molecule has 0 saturated carbocycles. The van der Waals surface area contributed by atoms with Crippen LogP contribution in [-0.2, 0) is 33.3 Å². The van der Waals surface area contributed by atoms with Gasteiger partial charge in [0.1, 0.15) is 6.04 Å². The second-order valence-electron chi connectivity index (χ2n) is 5.13. The molecule has 0 aromatic carbocycles. The minimum absolute atomic E-state index is 0.0652. The average Bonchev–Trinajstić information content (AvgIpc) is 2.81. The highest BCUT2D eigenvalue weighted by molar-refractivity contribution is 6.07. The largest absolute Gasteiger partial charge is 0.465 e. The van der Waals surface area contributed by atoms with Gasteiger partial charge >= 0.3 is 17.9 Å². The molecule has 0 bridgehead atoms. The molecular formula is C15H25NO7. The molecule has 8 nitrogen and oxygen atoms in total. The standard InChI is InChI=1S/C15H25NO7/c1-6-21-12(17)11-15(13(18)22-7-2,14(19)23-8-3)10(20-5)9-16(11)4/h10-11H,6-9H2,1-5H3/t10-,11-/m0/s1. The van der Waals surface area contributed by atoms with Crippen LogP contribution in [0.4, 0.5) is 0 Å². The molecule has 0 aromatic heterocycles. The molecule has 0 radical (unpaired) electrons. The van der Waals surface area contributed by atoms with Crippen molar-refractivity contribution in [1.82, 2.24) is 4.90 Å². The van der Waals surface area contributed by atoms with Crippen LogP contribution in [0, 0.1) is 5.41 Å². The van der Waals surface area contributed by atoms with Gasteiger partial charge in [-0.15, -0.1) is 0 Å². The van der Waals surface area contributed by atoms with Gasteiger partial charge in [0.15, 0.2) is 0 Å². The lowest BCUT2D eigenvalue weighted by Gasteiger charge is -2.33. The maximum absolute atomic E-state index is 12.7. The van der Waals surface area contributed by atoms with Gasteiger partial charge in [-0.1, -0.05) is 0 Å². The van der Waals surface area contributed by atoms with Gasteiger partial charge in [-0.05, 0) is 27.8 Å². The topological polar surface area (TPSA) is 91.4 Å². The summed E-state index contributed by atoms with van der Waals surface area (Å²) >= 11 is 0. The van der Waals surface area contributed by atoms with Crippen molar-refractivity contribution in [2.75, 3.05) is 40.5 Å². The number of hydrogen-bond donors (Lipinski definition) is 0. The normalized spacial score (nSPS) is 23.3. The van der Waals surface area contributed by atoms with E-state index in [1.165, 1.54) is 7.11 Å². The highest BCUT2D eigenvalue weighted by atomic mass is 16.6. The number of likely N-dealkylation sites (N-methyl/N-ethyl adjacent to an activating group) is 1. The molecule has 0 N–H and O–H groups in total. The summed E-state index contributed by atoms with van der Waals surface area (Å²) in [5.41, 5.74) is -1.90. The number of methoxy groups -OCH3 is 1. The van der Waals surface area contributed by atoms with Gasteiger partial charge in [0.05, 0.1) is 25.9 Å². The van der Waals surface area contributed by atoms with E-state index in [0.29, 0.717) is 0 Å². The second kappa shape index (κ2) is 8.26. The summed E-state index contributed by atoms with van der Waals surface area (Å²) < 4.78 is 20.6. The molecule has 1 aliphatic rings. The third-order valence-electron chi connectivity index (χ3n) is 3.85. The van der Waals surface area contributed by atoms with Crippen molar-refractivity contribution in [1.29, 1.82) is 0 Å². The molecule has 0 aliphatic carbocycles. The quantitative estimate of drug-likeness (QED) is 0.365. The molecule has 132 valence electrons. The van der Waals surface area contributed by atoms with Crippen molar-refractivity contribution in [2.24, 2.45) is 5.41 Å². The third kappa shape index (κ3) is 3.32. The van der Waals surface area contributed by atoms with E-state index in [0.717, 1.165) is 0 Å². The number of carbonyl (C=O) groups excluding carboxylic acids is 3. The number of ether oxygens (including phenoxy) is 4. The van der Waals surface area contributed by atoms with E-state index >= 15 is 0 Å². The van der Waals surface area contributed by atoms with Crippen molar-refractivity contribution in [3.63, 3.8) is 0 Å². The molecular weight excluding hydrogens is 306 g/mol. The zero-order valence-electron chi connectivity index (χ0n) is 14.3. The smallest absolute Gasteiger partial charge is 0.328 e. The predicted octanol–water partition coefficient (Wildman–Crippen LogP) is -0.00890. The lowest BCUT2D eigenvalue weighted by Crippen LogP contribution is -2.59. The lowest BCUT2D eigenvalue weighted by atomic mass is 9.77. The summed E-state index contributed by atoms with van der Waals surface area (Å²) in [5, 5.41) is 0. The van der Waals surface area contributed by atoms with Gasteiger partial charge in [-0.25, -0.2) is 0 Å². The molecule has 8 heteroatoms. The fourth-order valence-corrected chi connectivity index (χ4v) is 2.95. The van der Waals surface area contributed by atoms with Crippen molar-refractivity contribution in [3.05, 3.63) is 0 Å². The summed E-state index contributed by atoms with van der Waals surface area (Å²) in [7, 11) is 2.99. The van der Waals surface area contributed by atoms with Gasteiger partial charge in [-0.2, -0.15) is 0 Å². The molecule has 1 aliphatic heterocycles. The Morgan fingerprint density at radius 2 is 1.48 bits per heavy atom. The second-order valence-corrected chi connectivity index (χ2v) is 5.13. The molecule has 2 atom stereocenters. The number of nitrogens with zero attached hydrogens (tertiary/aromatic N) is 1. The van der Waals surface area contributed by atoms with E-state index in [-0.39, 0.29) is 26.4 Å². The van der Waals surface area contributed by atoms with Crippen LogP contribution in [0.2, 0.25) is 0 Å². The molecule has 1 heterocycles. The summed E-state index contributed by atoms with van der Waals surface area (Å²) in [6, 6.07) is -1.16. The third-order valence-corrected chi connectivity index (χ3v) is 3.85. The summed E-state index contributed by atoms with van der Waals surface area (Å²) in [4.78, 5) is 39.3. The van der Waals surface area contributed by atoms with E-state index in [1.807, 2.05) is 0 Å². The van der Waals surface area contributed by atoms with E-state index in [4.69, 9.17) is 18.9 Å². The fourth-order valence-electron chi connectivity index (χ4n) is 2.95. The van der Waals surface area contributed by atoms with E-state index in [9.17, 15) is 14.4 Å². The maximum atomic E-state index is 12.7. The van der Waals surface area contributed by atoms with E-state index < -0.39 is 35.5 Å². The fraction of sp³-hybridized carbons (Fsp3) is 0.800. The summed E-state index contributed by atoms with van der Waals surface area (Å²) in [5.74, 6) is -2.36. The molecule has 0 unspecified atom stereocenters. The van der Waals surface area contributed by atoms with Crippen molar-refractivity contribution >= 4 is 17.9 Å². The average molecular weight is 331 g/mol. The first kappa shape index (κ1) is 19.4. The maximum Gasteiger partial charge on any atom is 0.328 e. The van der Waals surface area contributed by atoms with E-state index in [2.05, 4.69) is 0 Å². The Kier molecular flexibility index (Phi) is 6.96. The van der Waals surface area contributed by atoms with Crippen LogP contribution >= 0.6 is 0 Å². The van der Waals surface area contributed by atoms with Crippen LogP contribution in [0.1, 0.15) is 20.8 Å². The molecule has 1 saturated heterocycles. The Morgan fingerprint density at radius 3 is 1.87 bits per heavy atom. The molecule has 0 aromatic rings. The Morgan fingerprint density at radius 1 is 1.00 bits per heavy atom. The van der Waals surface area contributed by atoms with Gasteiger partial charge < -0.3 is 18.9 Å². The predicted molar refractivity (Wildman–Crippen MR) is 79.5 cm³/mol. The Balaban J connectivity index is 3.44. The number of hydrogen-bond acceptors (Lipinski definition) is 8. The van der Waals surface area contributed by atoms with Crippen molar-refractivity contribution in [2.45, 2.75) is 32.9 Å². The summed E-state index contributed by atoms with van der Waals surface area (Å²) in [6.07, 6.45) is -0.875. The molecule has 1 fully saturated rings. The molecule has 1 rings (SSSR count). The lowest BCUT2D eigenvalue weighted by molar-refractivity contribution is -0.187. The van der Waals surface area contributed by atoms with Crippen LogP contribution < -0.4 is 0 Å². The zero-order valence-corrected chi connectivity index (χ0v) is 14.3. The highest BCUT2D eigenvalue weighted by Crippen LogP contribution is 2.41. The molecule has 23 heavy (non-hydrogen) atoms. The van der Waals surface area contributed by atoms with Gasteiger partial charge in [0, 0.05) is 13.7 Å². The number of carbonyl (C=O) groups is 3. The number of likely N-dealkylation sites (tertiary alicyclic amines) is 1. The first-order chi connectivity index (χ1) is 10.9. The monoisotopic (exact) mass is 331 g/mol. The van der Waals surface area contributed by atoms with Crippen molar-refractivity contribution in [3.8, 4) is 0 Å². The van der Waals surface area contributed by atoms with Gasteiger partial charge in [-0.3, -0.25) is 19.3 Å². The minimum Gasteiger partial charge on any atom is -0.465 e. The first-order valence-corrected chi connectivity index (χ1v) is 7.65. The van der Waals surface area contributed by atoms with Crippen LogP contribution in [0.25, 0.3) is 0 Å². The van der Waals surface area contributed by atoms with Crippen LogP contribution in [0.5, 0.6) is 0 Å². The molecule has 0 amide bonds. The summed E-state index contributed by atoms with van der Waals surface area (Å²) in [6.45, 7) is 5.34. The Hall–Kier alpha value is -1.67. The first-order valence-electron chi connectivity index (χ1n) is 7.65. The zero-order chi connectivity index (χ0) is 17.6. The van der Waals surface area contributed by atoms with Crippen molar-refractivity contribution < 1.29 is 33.3 Å². The van der Waals surface area contributed by atoms with Gasteiger partial charge in [0.25, 0.3) is 0 Å². The Labute approximate surface area is 136 Å². The van der Waals surface area contributed by atoms with Crippen LogP contribution in [-0.4, -0.2) is 75.5 Å². The van der Waals surface area contributed by atoms with Crippen LogP contribution in [0.3, 0.4) is 0 Å².